The van der Waals surface area contributed by atoms with Gasteiger partial charge in [-0.1, -0.05) is 30.3 Å². The van der Waals surface area contributed by atoms with E-state index in [0.29, 0.717) is 6.54 Å². The highest BCUT2D eigenvalue weighted by Crippen LogP contribution is 2.26. The average Bonchev–Trinajstić information content (AvgIpc) is 3.41. The molecule has 2 aromatic carbocycles. The third-order valence-corrected chi connectivity index (χ3v) is 7.18. The van der Waals surface area contributed by atoms with Crippen LogP contribution in [0.3, 0.4) is 0 Å². The van der Waals surface area contributed by atoms with Crippen LogP contribution in [0.4, 0.5) is 5.82 Å². The van der Waals surface area contributed by atoms with Gasteiger partial charge in [-0.15, -0.1) is 21.5 Å². The highest BCUT2D eigenvalue weighted by molar-refractivity contribution is 7.13. The van der Waals surface area contributed by atoms with Crippen molar-refractivity contribution in [2.24, 2.45) is 5.92 Å². The molecule has 1 fully saturated rings. The van der Waals surface area contributed by atoms with E-state index in [9.17, 15) is 4.79 Å². The summed E-state index contributed by atoms with van der Waals surface area (Å²) in [5, 5.41) is 14.8. The minimum Gasteiger partial charge on any atom is -0.497 e. The van der Waals surface area contributed by atoms with Gasteiger partial charge in [0.05, 0.1) is 25.0 Å². The fourth-order valence-electron chi connectivity index (χ4n) is 4.20. The van der Waals surface area contributed by atoms with Gasteiger partial charge in [-0.05, 0) is 49.2 Å². The molecule has 0 saturated carbocycles. The average molecular weight is 486 g/mol. The quantitative estimate of drug-likeness (QED) is 0.405. The number of carbonyl (C=O) groups excluding carboxylic acids is 1. The summed E-state index contributed by atoms with van der Waals surface area (Å²) in [5.74, 6) is 1.77. The number of nitrogens with one attached hydrogen (secondary N) is 1. The molecule has 2 aromatic heterocycles. The maximum atomic E-state index is 12.8. The number of carbonyl (C=O) groups is 1. The van der Waals surface area contributed by atoms with Crippen molar-refractivity contribution >= 4 is 23.1 Å². The molecule has 4 aromatic rings. The van der Waals surface area contributed by atoms with Gasteiger partial charge in [0, 0.05) is 35.5 Å². The number of benzene rings is 2. The van der Waals surface area contributed by atoms with E-state index < -0.39 is 0 Å². The van der Waals surface area contributed by atoms with Crippen molar-refractivity contribution in [2.45, 2.75) is 19.4 Å². The van der Waals surface area contributed by atoms with Crippen molar-refractivity contribution < 1.29 is 9.53 Å². The Labute approximate surface area is 208 Å². The van der Waals surface area contributed by atoms with Gasteiger partial charge in [0.2, 0.25) is 5.91 Å². The van der Waals surface area contributed by atoms with Gasteiger partial charge in [-0.25, -0.2) is 4.98 Å². The lowest BCUT2D eigenvalue weighted by atomic mass is 9.96. The van der Waals surface area contributed by atoms with Crippen LogP contribution in [0.1, 0.15) is 18.5 Å². The van der Waals surface area contributed by atoms with Crippen LogP contribution in [-0.2, 0) is 11.3 Å². The van der Waals surface area contributed by atoms with Crippen LogP contribution in [-0.4, -0.2) is 41.3 Å². The summed E-state index contributed by atoms with van der Waals surface area (Å²) in [7, 11) is 1.65. The van der Waals surface area contributed by atoms with Crippen molar-refractivity contribution in [3.8, 4) is 27.6 Å². The predicted octanol–water partition coefficient (Wildman–Crippen LogP) is 4.81. The number of piperidine rings is 1. The second-order valence-corrected chi connectivity index (χ2v) is 9.35. The topological polar surface area (TPSA) is 80.2 Å². The summed E-state index contributed by atoms with van der Waals surface area (Å²) < 4.78 is 5.21. The zero-order valence-corrected chi connectivity index (χ0v) is 20.4. The third kappa shape index (κ3) is 5.49. The smallest absolute Gasteiger partial charge is 0.223 e. The minimum atomic E-state index is 0.00231. The summed E-state index contributed by atoms with van der Waals surface area (Å²) in [4.78, 5) is 19.6. The van der Waals surface area contributed by atoms with Crippen molar-refractivity contribution in [1.29, 1.82) is 0 Å². The molecule has 0 aliphatic carbocycles. The lowest BCUT2D eigenvalue weighted by molar-refractivity contribution is -0.125. The summed E-state index contributed by atoms with van der Waals surface area (Å²) in [5.41, 5.74) is 3.83. The molecule has 35 heavy (non-hydrogen) atoms. The molecule has 3 heterocycles. The predicted molar refractivity (Wildman–Crippen MR) is 138 cm³/mol. The molecule has 8 heteroatoms. The molecule has 7 nitrogen and oxygen atoms in total. The first-order valence-corrected chi connectivity index (χ1v) is 12.6. The molecule has 1 aliphatic heterocycles. The van der Waals surface area contributed by atoms with E-state index in [1.165, 1.54) is 0 Å². The van der Waals surface area contributed by atoms with Crippen molar-refractivity contribution in [3.05, 3.63) is 77.8 Å². The normalized spacial score (nSPS) is 14.0. The molecule has 1 aliphatic rings. The van der Waals surface area contributed by atoms with Gasteiger partial charge in [0.25, 0.3) is 0 Å². The monoisotopic (exact) mass is 485 g/mol. The standard InChI is InChI=1S/C27H27N5O2S/c1-34-23-9-7-21(8-10-23)27-29-22(18-35-27)17-28-26(33)20-13-15-32(16-14-20)25-12-11-24(30-31-25)19-5-3-2-4-6-19/h2-12,18,20H,13-17H2,1H3,(H,28,33). The number of aromatic nitrogens is 3. The van der Waals surface area contributed by atoms with Gasteiger partial charge < -0.3 is 15.0 Å². The second kappa shape index (κ2) is 10.7. The molecule has 0 radical (unpaired) electrons. The van der Waals surface area contributed by atoms with E-state index in [1.54, 1.807) is 18.4 Å². The highest BCUT2D eigenvalue weighted by atomic mass is 32.1. The summed E-state index contributed by atoms with van der Waals surface area (Å²) >= 11 is 1.58. The Morgan fingerprint density at radius 1 is 1.00 bits per heavy atom. The van der Waals surface area contributed by atoms with E-state index in [4.69, 9.17) is 4.74 Å². The Morgan fingerprint density at radius 2 is 1.77 bits per heavy atom. The largest absolute Gasteiger partial charge is 0.497 e. The highest BCUT2D eigenvalue weighted by Gasteiger charge is 2.25. The number of ether oxygens (including phenoxy) is 1. The lowest BCUT2D eigenvalue weighted by Crippen LogP contribution is -2.40. The molecule has 1 N–H and O–H groups in total. The Hall–Kier alpha value is -3.78. The van der Waals surface area contributed by atoms with Gasteiger partial charge in [-0.2, -0.15) is 0 Å². The van der Waals surface area contributed by atoms with E-state index in [1.807, 2.05) is 72.1 Å². The van der Waals surface area contributed by atoms with Crippen LogP contribution in [0.15, 0.2) is 72.1 Å². The first-order valence-electron chi connectivity index (χ1n) is 11.7. The zero-order chi connectivity index (χ0) is 24.0. The number of anilines is 1. The van der Waals surface area contributed by atoms with Crippen LogP contribution in [0.2, 0.25) is 0 Å². The van der Waals surface area contributed by atoms with Crippen LogP contribution in [0.25, 0.3) is 21.8 Å². The van der Waals surface area contributed by atoms with Gasteiger partial charge >= 0.3 is 0 Å². The summed E-state index contributed by atoms with van der Waals surface area (Å²) in [6.07, 6.45) is 1.59. The molecule has 5 rings (SSSR count). The second-order valence-electron chi connectivity index (χ2n) is 8.49. The van der Waals surface area contributed by atoms with E-state index in [-0.39, 0.29) is 11.8 Å². The fraction of sp³-hybridized carbons (Fsp3) is 0.259. The molecule has 0 bridgehead atoms. The van der Waals surface area contributed by atoms with Crippen molar-refractivity contribution in [3.63, 3.8) is 0 Å². The first-order chi connectivity index (χ1) is 17.2. The summed E-state index contributed by atoms with van der Waals surface area (Å²) in [6.45, 7) is 2.02. The Morgan fingerprint density at radius 3 is 2.46 bits per heavy atom. The SMILES string of the molecule is COc1ccc(-c2nc(CNC(=O)C3CCN(c4ccc(-c5ccccc5)nn4)CC3)cs2)cc1. The van der Waals surface area contributed by atoms with Crippen molar-refractivity contribution in [2.75, 3.05) is 25.1 Å². The molecule has 1 saturated heterocycles. The third-order valence-electron chi connectivity index (χ3n) is 6.24. The molecular weight excluding hydrogens is 458 g/mol. The van der Waals surface area contributed by atoms with E-state index >= 15 is 0 Å². The number of hydrogen-bond acceptors (Lipinski definition) is 7. The number of thiazole rings is 1. The van der Waals surface area contributed by atoms with E-state index in [0.717, 1.165) is 65.0 Å². The van der Waals surface area contributed by atoms with Crippen LogP contribution < -0.4 is 15.0 Å². The lowest BCUT2D eigenvalue weighted by Gasteiger charge is -2.31. The van der Waals surface area contributed by atoms with Crippen molar-refractivity contribution in [1.82, 2.24) is 20.5 Å². The number of hydrogen-bond donors (Lipinski definition) is 1. The van der Waals surface area contributed by atoms with Crippen LogP contribution in [0.5, 0.6) is 5.75 Å². The van der Waals surface area contributed by atoms with Gasteiger partial charge in [0.15, 0.2) is 5.82 Å². The van der Waals surface area contributed by atoms with Gasteiger partial charge in [0.1, 0.15) is 10.8 Å². The first kappa shape index (κ1) is 23.0. The van der Waals surface area contributed by atoms with Crippen LogP contribution >= 0.6 is 11.3 Å². The summed E-state index contributed by atoms with van der Waals surface area (Å²) in [6, 6.07) is 21.9. The van der Waals surface area contributed by atoms with E-state index in [2.05, 4.69) is 25.4 Å². The Kier molecular flexibility index (Phi) is 6.99. The molecule has 1 amide bonds. The minimum absolute atomic E-state index is 0.00231. The maximum absolute atomic E-state index is 12.8. The fourth-order valence-corrected chi connectivity index (χ4v) is 5.03. The molecular formula is C27H27N5O2S. The Bertz CT molecular complexity index is 1250. The molecule has 178 valence electrons. The zero-order valence-electron chi connectivity index (χ0n) is 19.6. The number of rotatable bonds is 7. The number of amides is 1. The number of methoxy groups -OCH3 is 1. The Balaban J connectivity index is 1.11. The maximum Gasteiger partial charge on any atom is 0.223 e. The molecule has 0 atom stereocenters. The number of nitrogens with zero attached hydrogens (tertiary/aromatic N) is 4. The van der Waals surface area contributed by atoms with Crippen LogP contribution in [0, 0.1) is 5.92 Å². The molecule has 0 unspecified atom stereocenters. The molecule has 0 spiro atoms. The van der Waals surface area contributed by atoms with Gasteiger partial charge in [-0.3, -0.25) is 4.79 Å².